The van der Waals surface area contributed by atoms with Crippen LogP contribution >= 0.6 is 11.3 Å². The van der Waals surface area contributed by atoms with E-state index in [1.54, 1.807) is 31.4 Å². The lowest BCUT2D eigenvalue weighted by Gasteiger charge is -2.05. The normalized spacial score (nSPS) is 10.2. The molecule has 5 nitrogen and oxygen atoms in total. The first-order valence-electron chi connectivity index (χ1n) is 5.81. The van der Waals surface area contributed by atoms with Gasteiger partial charge in [0.05, 0.1) is 12.8 Å². The van der Waals surface area contributed by atoms with Gasteiger partial charge in [-0.05, 0) is 18.2 Å². The topological polar surface area (TPSA) is 77.2 Å². The van der Waals surface area contributed by atoms with Gasteiger partial charge in [-0.1, -0.05) is 6.07 Å². The van der Waals surface area contributed by atoms with Gasteiger partial charge in [-0.2, -0.15) is 0 Å². The number of carbonyl (C=O) groups is 1. The maximum Gasteiger partial charge on any atom is 0.251 e. The molecule has 0 saturated carbocycles. The Bertz CT molecular complexity index is 569. The number of nitrogen functional groups attached to an aromatic ring is 1. The summed E-state index contributed by atoms with van der Waals surface area (Å²) in [6.07, 6.45) is 0.670. The van der Waals surface area contributed by atoms with Crippen molar-refractivity contribution in [1.82, 2.24) is 10.3 Å². The van der Waals surface area contributed by atoms with Crippen LogP contribution in [0.5, 0.6) is 5.75 Å². The van der Waals surface area contributed by atoms with E-state index in [0.717, 1.165) is 5.69 Å². The van der Waals surface area contributed by atoms with Crippen molar-refractivity contribution in [3.05, 3.63) is 40.9 Å². The quantitative estimate of drug-likeness (QED) is 0.872. The van der Waals surface area contributed by atoms with Gasteiger partial charge in [-0.3, -0.25) is 4.79 Å². The molecular weight excluding hydrogens is 262 g/mol. The number of amides is 1. The molecule has 0 saturated heterocycles. The fourth-order valence-corrected chi connectivity index (χ4v) is 2.21. The lowest BCUT2D eigenvalue weighted by Crippen LogP contribution is -2.25. The molecular formula is C13H15N3O2S. The van der Waals surface area contributed by atoms with Crippen LogP contribution in [0.4, 0.5) is 5.13 Å². The molecule has 6 heteroatoms. The number of nitrogens with two attached hydrogens (primary N) is 1. The maximum atomic E-state index is 11.9. The first-order valence-corrected chi connectivity index (χ1v) is 6.69. The number of thiazole rings is 1. The van der Waals surface area contributed by atoms with Crippen molar-refractivity contribution in [1.29, 1.82) is 0 Å². The van der Waals surface area contributed by atoms with Crippen molar-refractivity contribution in [2.24, 2.45) is 0 Å². The molecule has 3 N–H and O–H groups in total. The zero-order chi connectivity index (χ0) is 13.7. The highest BCUT2D eigenvalue weighted by Crippen LogP contribution is 2.13. The van der Waals surface area contributed by atoms with Crippen molar-refractivity contribution in [2.45, 2.75) is 6.42 Å². The first kappa shape index (κ1) is 13.4. The molecule has 0 atom stereocenters. The number of rotatable bonds is 5. The third-order valence-electron chi connectivity index (χ3n) is 2.57. The van der Waals surface area contributed by atoms with Gasteiger partial charge in [0.2, 0.25) is 0 Å². The minimum atomic E-state index is -0.123. The van der Waals surface area contributed by atoms with Gasteiger partial charge in [0.15, 0.2) is 5.13 Å². The molecule has 2 aromatic rings. The number of aromatic nitrogens is 1. The Labute approximate surface area is 115 Å². The Hall–Kier alpha value is -2.08. The second-order valence-electron chi connectivity index (χ2n) is 3.91. The van der Waals surface area contributed by atoms with Crippen LogP contribution in [0.1, 0.15) is 16.1 Å². The lowest BCUT2D eigenvalue weighted by atomic mass is 10.2. The molecule has 0 aliphatic carbocycles. The number of nitrogens with zero attached hydrogens (tertiary/aromatic N) is 1. The van der Waals surface area contributed by atoms with Crippen LogP contribution in [-0.4, -0.2) is 24.5 Å². The lowest BCUT2D eigenvalue weighted by molar-refractivity contribution is 0.0953. The summed E-state index contributed by atoms with van der Waals surface area (Å²) in [7, 11) is 1.57. The molecule has 2 rings (SSSR count). The third-order valence-corrected chi connectivity index (χ3v) is 3.29. The number of benzene rings is 1. The van der Waals surface area contributed by atoms with Crippen molar-refractivity contribution in [3.8, 4) is 5.75 Å². The zero-order valence-corrected chi connectivity index (χ0v) is 11.4. The molecule has 19 heavy (non-hydrogen) atoms. The molecule has 1 aromatic carbocycles. The summed E-state index contributed by atoms with van der Waals surface area (Å²) < 4.78 is 5.08. The monoisotopic (exact) mass is 277 g/mol. The predicted molar refractivity (Wildman–Crippen MR) is 75.6 cm³/mol. The number of nitrogens with one attached hydrogen (secondary N) is 1. The Morgan fingerprint density at radius 3 is 3.05 bits per heavy atom. The van der Waals surface area contributed by atoms with Crippen molar-refractivity contribution < 1.29 is 9.53 Å². The van der Waals surface area contributed by atoms with E-state index in [4.69, 9.17) is 10.5 Å². The standard InChI is InChI=1S/C13H15N3O2S/c1-18-11-4-2-3-9(7-11)12(17)15-6-5-10-8-19-13(14)16-10/h2-4,7-8H,5-6H2,1H3,(H2,14,16)(H,15,17). The summed E-state index contributed by atoms with van der Waals surface area (Å²) in [6, 6.07) is 7.04. The summed E-state index contributed by atoms with van der Waals surface area (Å²) in [5.74, 6) is 0.544. The molecule has 0 unspecified atom stereocenters. The van der Waals surface area contributed by atoms with Gasteiger partial charge < -0.3 is 15.8 Å². The number of methoxy groups -OCH3 is 1. The number of hydrogen-bond donors (Lipinski definition) is 2. The van der Waals surface area contributed by atoms with E-state index in [1.807, 2.05) is 5.38 Å². The summed E-state index contributed by atoms with van der Waals surface area (Å²) in [4.78, 5) is 16.0. The molecule has 1 aromatic heterocycles. The highest BCUT2D eigenvalue weighted by Gasteiger charge is 2.06. The maximum absolute atomic E-state index is 11.9. The van der Waals surface area contributed by atoms with Gasteiger partial charge in [0.25, 0.3) is 5.91 Å². The molecule has 0 aliphatic rings. The van der Waals surface area contributed by atoms with Crippen LogP contribution in [0.3, 0.4) is 0 Å². The summed E-state index contributed by atoms with van der Waals surface area (Å²) in [5, 5.41) is 5.28. The van der Waals surface area contributed by atoms with Crippen molar-refractivity contribution in [2.75, 3.05) is 19.4 Å². The van der Waals surface area contributed by atoms with Gasteiger partial charge >= 0.3 is 0 Å². The van der Waals surface area contributed by atoms with E-state index in [2.05, 4.69) is 10.3 Å². The fourth-order valence-electron chi connectivity index (χ4n) is 1.61. The number of hydrogen-bond acceptors (Lipinski definition) is 5. The second kappa shape index (κ2) is 6.19. The molecule has 1 amide bonds. The number of anilines is 1. The smallest absolute Gasteiger partial charge is 0.251 e. The third kappa shape index (κ3) is 3.69. The molecule has 100 valence electrons. The SMILES string of the molecule is COc1cccc(C(=O)NCCc2csc(N)n2)c1. The first-order chi connectivity index (χ1) is 9.19. The van der Waals surface area contributed by atoms with Crippen LogP contribution < -0.4 is 15.8 Å². The van der Waals surface area contributed by atoms with Gasteiger partial charge in [-0.15, -0.1) is 11.3 Å². The van der Waals surface area contributed by atoms with E-state index < -0.39 is 0 Å². The summed E-state index contributed by atoms with van der Waals surface area (Å²) in [5.41, 5.74) is 7.02. The second-order valence-corrected chi connectivity index (χ2v) is 4.80. The van der Waals surface area contributed by atoms with Gasteiger partial charge in [0, 0.05) is 23.9 Å². The highest BCUT2D eigenvalue weighted by molar-refractivity contribution is 7.13. The molecule has 0 radical (unpaired) electrons. The molecule has 0 spiro atoms. The minimum Gasteiger partial charge on any atom is -0.497 e. The molecule has 1 heterocycles. The van der Waals surface area contributed by atoms with E-state index in [1.165, 1.54) is 11.3 Å². The Morgan fingerprint density at radius 2 is 2.37 bits per heavy atom. The Kier molecular flexibility index (Phi) is 4.35. The van der Waals surface area contributed by atoms with Crippen LogP contribution in [0.25, 0.3) is 0 Å². The van der Waals surface area contributed by atoms with Crippen LogP contribution in [0, 0.1) is 0 Å². The average Bonchev–Trinajstić information content (AvgIpc) is 2.84. The van der Waals surface area contributed by atoms with Crippen LogP contribution in [0.15, 0.2) is 29.6 Å². The zero-order valence-electron chi connectivity index (χ0n) is 10.6. The minimum absolute atomic E-state index is 0.123. The van der Waals surface area contributed by atoms with Crippen LogP contribution in [0.2, 0.25) is 0 Å². The van der Waals surface area contributed by atoms with Gasteiger partial charge in [-0.25, -0.2) is 4.98 Å². The van der Waals surface area contributed by atoms with Crippen molar-refractivity contribution >= 4 is 22.4 Å². The van der Waals surface area contributed by atoms with E-state index in [9.17, 15) is 4.79 Å². The highest BCUT2D eigenvalue weighted by atomic mass is 32.1. The fraction of sp³-hybridized carbons (Fsp3) is 0.231. The summed E-state index contributed by atoms with van der Waals surface area (Å²) >= 11 is 1.40. The largest absolute Gasteiger partial charge is 0.497 e. The summed E-state index contributed by atoms with van der Waals surface area (Å²) in [6.45, 7) is 0.527. The Balaban J connectivity index is 1.87. The van der Waals surface area contributed by atoms with Crippen LogP contribution in [-0.2, 0) is 6.42 Å². The van der Waals surface area contributed by atoms with Gasteiger partial charge in [0.1, 0.15) is 5.75 Å². The number of ether oxygens (including phenoxy) is 1. The molecule has 0 aliphatic heterocycles. The van der Waals surface area contributed by atoms with E-state index in [-0.39, 0.29) is 5.91 Å². The average molecular weight is 277 g/mol. The van der Waals surface area contributed by atoms with E-state index in [0.29, 0.717) is 29.4 Å². The van der Waals surface area contributed by atoms with Crippen molar-refractivity contribution in [3.63, 3.8) is 0 Å². The van der Waals surface area contributed by atoms with E-state index >= 15 is 0 Å². The molecule has 0 fully saturated rings. The molecule has 0 bridgehead atoms. The number of carbonyl (C=O) groups excluding carboxylic acids is 1. The Morgan fingerprint density at radius 1 is 1.53 bits per heavy atom. The predicted octanol–water partition coefficient (Wildman–Crippen LogP) is 1.71.